The summed E-state index contributed by atoms with van der Waals surface area (Å²) in [4.78, 5) is 13.9. The smallest absolute Gasteiger partial charge is 0.229 e. The van der Waals surface area contributed by atoms with Crippen LogP contribution < -0.4 is 10.6 Å². The van der Waals surface area contributed by atoms with E-state index in [4.69, 9.17) is 5.73 Å². The highest BCUT2D eigenvalue weighted by molar-refractivity contribution is 5.94. The SMILES string of the molecule is CCC(C)c1ccc(N(C)C(=O)C(C)CCN)cc1. The Labute approximate surface area is 116 Å². The Morgan fingerprint density at radius 2 is 1.84 bits per heavy atom. The quantitative estimate of drug-likeness (QED) is 0.856. The summed E-state index contributed by atoms with van der Waals surface area (Å²) >= 11 is 0. The third kappa shape index (κ3) is 4.06. The maximum absolute atomic E-state index is 12.2. The second-order valence-corrected chi connectivity index (χ2v) is 5.28. The zero-order chi connectivity index (χ0) is 14.4. The molecule has 3 heteroatoms. The summed E-state index contributed by atoms with van der Waals surface area (Å²) < 4.78 is 0. The molecule has 0 aliphatic carbocycles. The molecule has 3 nitrogen and oxygen atoms in total. The van der Waals surface area contributed by atoms with Crippen molar-refractivity contribution < 1.29 is 4.79 Å². The molecular formula is C16H26N2O. The monoisotopic (exact) mass is 262 g/mol. The Morgan fingerprint density at radius 1 is 1.26 bits per heavy atom. The van der Waals surface area contributed by atoms with Crippen LogP contribution in [0.4, 0.5) is 5.69 Å². The predicted octanol–water partition coefficient (Wildman–Crippen LogP) is 3.15. The summed E-state index contributed by atoms with van der Waals surface area (Å²) in [6.07, 6.45) is 1.86. The first-order valence-electron chi connectivity index (χ1n) is 7.08. The predicted molar refractivity (Wildman–Crippen MR) is 81.4 cm³/mol. The van der Waals surface area contributed by atoms with E-state index in [9.17, 15) is 4.79 Å². The molecule has 0 aliphatic heterocycles. The molecule has 1 amide bonds. The molecule has 2 unspecified atom stereocenters. The Balaban J connectivity index is 2.77. The third-order valence-corrected chi connectivity index (χ3v) is 3.81. The first kappa shape index (κ1) is 15.7. The number of nitrogens with zero attached hydrogens (tertiary/aromatic N) is 1. The number of hydrogen-bond donors (Lipinski definition) is 1. The second-order valence-electron chi connectivity index (χ2n) is 5.28. The highest BCUT2D eigenvalue weighted by Gasteiger charge is 2.18. The van der Waals surface area contributed by atoms with Gasteiger partial charge in [-0.15, -0.1) is 0 Å². The van der Waals surface area contributed by atoms with Gasteiger partial charge in [-0.05, 0) is 43.0 Å². The lowest BCUT2D eigenvalue weighted by Gasteiger charge is -2.22. The van der Waals surface area contributed by atoms with Crippen molar-refractivity contribution in [2.45, 2.75) is 39.5 Å². The van der Waals surface area contributed by atoms with Crippen molar-refractivity contribution in [1.29, 1.82) is 0 Å². The van der Waals surface area contributed by atoms with E-state index in [1.54, 1.807) is 4.90 Å². The van der Waals surface area contributed by atoms with E-state index in [1.807, 2.05) is 26.1 Å². The van der Waals surface area contributed by atoms with Crippen molar-refractivity contribution >= 4 is 11.6 Å². The number of carbonyl (C=O) groups excluding carboxylic acids is 1. The molecule has 0 saturated heterocycles. The van der Waals surface area contributed by atoms with Crippen LogP contribution in [0.25, 0.3) is 0 Å². The van der Waals surface area contributed by atoms with Crippen LogP contribution in [-0.4, -0.2) is 19.5 Å². The summed E-state index contributed by atoms with van der Waals surface area (Å²) in [5, 5.41) is 0. The number of carbonyl (C=O) groups is 1. The summed E-state index contributed by atoms with van der Waals surface area (Å²) in [5.41, 5.74) is 7.77. The van der Waals surface area contributed by atoms with E-state index in [0.29, 0.717) is 12.5 Å². The number of rotatable bonds is 6. The van der Waals surface area contributed by atoms with Gasteiger partial charge < -0.3 is 10.6 Å². The number of nitrogens with two attached hydrogens (primary N) is 1. The molecule has 0 aromatic heterocycles. The third-order valence-electron chi connectivity index (χ3n) is 3.81. The Bertz CT molecular complexity index is 400. The lowest BCUT2D eigenvalue weighted by Crippen LogP contribution is -2.32. The molecule has 106 valence electrons. The van der Waals surface area contributed by atoms with Crippen LogP contribution in [0, 0.1) is 5.92 Å². The van der Waals surface area contributed by atoms with E-state index >= 15 is 0 Å². The average molecular weight is 262 g/mol. The van der Waals surface area contributed by atoms with Crippen molar-refractivity contribution in [3.8, 4) is 0 Å². The fraction of sp³-hybridized carbons (Fsp3) is 0.562. The molecule has 0 radical (unpaired) electrons. The van der Waals surface area contributed by atoms with Crippen LogP contribution in [0.1, 0.15) is 45.1 Å². The highest BCUT2D eigenvalue weighted by atomic mass is 16.2. The summed E-state index contributed by atoms with van der Waals surface area (Å²) in [6, 6.07) is 8.27. The first-order chi connectivity index (χ1) is 9.01. The van der Waals surface area contributed by atoms with Crippen LogP contribution in [0.2, 0.25) is 0 Å². The average Bonchev–Trinajstić information content (AvgIpc) is 2.45. The fourth-order valence-corrected chi connectivity index (χ4v) is 2.09. The molecule has 2 N–H and O–H groups in total. The minimum Gasteiger partial charge on any atom is -0.330 e. The molecule has 1 aromatic rings. The Hall–Kier alpha value is -1.35. The number of hydrogen-bond acceptors (Lipinski definition) is 2. The molecule has 1 rings (SSSR count). The van der Waals surface area contributed by atoms with Crippen molar-refractivity contribution in [2.24, 2.45) is 11.7 Å². The van der Waals surface area contributed by atoms with Gasteiger partial charge in [-0.2, -0.15) is 0 Å². The van der Waals surface area contributed by atoms with Crippen molar-refractivity contribution in [2.75, 3.05) is 18.5 Å². The van der Waals surface area contributed by atoms with Crippen molar-refractivity contribution in [1.82, 2.24) is 0 Å². The van der Waals surface area contributed by atoms with Gasteiger partial charge in [0.2, 0.25) is 5.91 Å². The van der Waals surface area contributed by atoms with Gasteiger partial charge in [-0.1, -0.05) is 32.9 Å². The van der Waals surface area contributed by atoms with E-state index in [1.165, 1.54) is 5.56 Å². The minimum atomic E-state index is -0.0239. The second kappa shape index (κ2) is 7.29. The van der Waals surface area contributed by atoms with Gasteiger partial charge in [0.05, 0.1) is 0 Å². The summed E-state index contributed by atoms with van der Waals surface area (Å²) in [5.74, 6) is 0.664. The van der Waals surface area contributed by atoms with Crippen LogP contribution in [0.5, 0.6) is 0 Å². The molecule has 0 aliphatic rings. The number of benzene rings is 1. The van der Waals surface area contributed by atoms with E-state index in [2.05, 4.69) is 26.0 Å². The van der Waals surface area contributed by atoms with Gasteiger partial charge in [0.1, 0.15) is 0 Å². The van der Waals surface area contributed by atoms with Gasteiger partial charge in [-0.3, -0.25) is 4.79 Å². The van der Waals surface area contributed by atoms with Crippen LogP contribution in [0.3, 0.4) is 0 Å². The molecule has 0 spiro atoms. The van der Waals surface area contributed by atoms with Crippen molar-refractivity contribution in [3.05, 3.63) is 29.8 Å². The number of amides is 1. The van der Waals surface area contributed by atoms with Crippen molar-refractivity contribution in [3.63, 3.8) is 0 Å². The van der Waals surface area contributed by atoms with Gasteiger partial charge in [0.25, 0.3) is 0 Å². The summed E-state index contributed by atoms with van der Waals surface area (Å²) in [6.45, 7) is 6.88. The fourth-order valence-electron chi connectivity index (χ4n) is 2.09. The molecule has 1 aromatic carbocycles. The lowest BCUT2D eigenvalue weighted by atomic mass is 9.98. The topological polar surface area (TPSA) is 46.3 Å². The van der Waals surface area contributed by atoms with Gasteiger partial charge in [0.15, 0.2) is 0 Å². The molecule has 19 heavy (non-hydrogen) atoms. The number of anilines is 1. The highest BCUT2D eigenvalue weighted by Crippen LogP contribution is 2.23. The normalized spacial score (nSPS) is 13.9. The Morgan fingerprint density at radius 3 is 2.32 bits per heavy atom. The molecule has 0 heterocycles. The lowest BCUT2D eigenvalue weighted by molar-refractivity contribution is -0.121. The Kier molecular flexibility index (Phi) is 6.03. The molecule has 2 atom stereocenters. The first-order valence-corrected chi connectivity index (χ1v) is 7.08. The maximum Gasteiger partial charge on any atom is 0.229 e. The van der Waals surface area contributed by atoms with Crippen LogP contribution in [-0.2, 0) is 4.79 Å². The summed E-state index contributed by atoms with van der Waals surface area (Å²) in [7, 11) is 1.83. The van der Waals surface area contributed by atoms with Crippen LogP contribution >= 0.6 is 0 Å². The zero-order valence-corrected chi connectivity index (χ0v) is 12.5. The van der Waals surface area contributed by atoms with Gasteiger partial charge in [-0.25, -0.2) is 0 Å². The van der Waals surface area contributed by atoms with Gasteiger partial charge in [0, 0.05) is 18.7 Å². The molecule has 0 saturated carbocycles. The largest absolute Gasteiger partial charge is 0.330 e. The molecular weight excluding hydrogens is 236 g/mol. The van der Waals surface area contributed by atoms with E-state index < -0.39 is 0 Å². The van der Waals surface area contributed by atoms with E-state index in [-0.39, 0.29) is 11.8 Å². The maximum atomic E-state index is 12.2. The molecule has 0 fully saturated rings. The standard InChI is InChI=1S/C16H26N2O/c1-5-12(2)14-6-8-15(9-7-14)18(4)16(19)13(3)10-11-17/h6-9,12-13H,5,10-11,17H2,1-4H3. The van der Waals surface area contributed by atoms with Gasteiger partial charge >= 0.3 is 0 Å². The minimum absolute atomic E-state index is 0.0239. The van der Waals surface area contributed by atoms with E-state index in [0.717, 1.165) is 18.5 Å². The van der Waals surface area contributed by atoms with Crippen LogP contribution in [0.15, 0.2) is 24.3 Å². The zero-order valence-electron chi connectivity index (χ0n) is 12.5. The molecule has 0 bridgehead atoms.